The van der Waals surface area contributed by atoms with Gasteiger partial charge in [-0.05, 0) is 82.5 Å². The van der Waals surface area contributed by atoms with Crippen LogP contribution in [0.15, 0.2) is 73.4 Å². The third-order valence-corrected chi connectivity index (χ3v) is 8.01. The van der Waals surface area contributed by atoms with Crippen LogP contribution in [0, 0.1) is 0 Å². The van der Waals surface area contributed by atoms with E-state index in [0.717, 1.165) is 23.2 Å². The maximum atomic E-state index is 13.5. The summed E-state index contributed by atoms with van der Waals surface area (Å²) in [7, 11) is 0. The molecule has 4 aromatic rings. The summed E-state index contributed by atoms with van der Waals surface area (Å²) in [6.07, 6.45) is -2.43. The van der Waals surface area contributed by atoms with Crippen LogP contribution in [-0.4, -0.2) is 28.6 Å². The Labute approximate surface area is 239 Å². The molecule has 0 saturated heterocycles. The number of hydrogen-bond acceptors (Lipinski definition) is 5. The highest BCUT2D eigenvalue weighted by Gasteiger charge is 2.31. The zero-order valence-corrected chi connectivity index (χ0v) is 24.4. The number of fused-ring (bicyclic) bond motifs is 1. The van der Waals surface area contributed by atoms with Gasteiger partial charge in [-0.3, -0.25) is 4.79 Å². The van der Waals surface area contributed by atoms with Gasteiger partial charge < -0.3 is 9.47 Å². The predicted molar refractivity (Wildman–Crippen MR) is 153 cm³/mol. The number of halogens is 5. The second-order valence-electron chi connectivity index (χ2n) is 8.58. The molecule has 0 spiro atoms. The minimum atomic E-state index is -4.56. The van der Waals surface area contributed by atoms with Gasteiger partial charge in [-0.25, -0.2) is 4.98 Å². The van der Waals surface area contributed by atoms with E-state index in [1.807, 2.05) is 20.8 Å². The van der Waals surface area contributed by atoms with E-state index in [1.165, 1.54) is 18.3 Å². The molecule has 3 aromatic carbocycles. The van der Waals surface area contributed by atoms with E-state index in [1.54, 1.807) is 30.3 Å². The number of alkyl halides is 3. The molecule has 0 radical (unpaired) electrons. The van der Waals surface area contributed by atoms with Crippen molar-refractivity contribution in [2.45, 2.75) is 39.5 Å². The molecule has 0 fully saturated rings. The van der Waals surface area contributed by atoms with E-state index >= 15 is 0 Å². The molecular formula is C28H24Br2F3N3O3. The highest BCUT2D eigenvalue weighted by atomic mass is 79.9. The summed E-state index contributed by atoms with van der Waals surface area (Å²) in [6.45, 7) is 6.18. The molecule has 0 unspecified atom stereocenters. The summed E-state index contributed by atoms with van der Waals surface area (Å²) < 4.78 is 54.4. The van der Waals surface area contributed by atoms with Crippen molar-refractivity contribution in [3.05, 3.63) is 85.0 Å². The molecule has 1 heterocycles. The Kier molecular flexibility index (Phi) is 8.80. The van der Waals surface area contributed by atoms with Gasteiger partial charge in [0.1, 0.15) is 0 Å². The lowest BCUT2D eigenvalue weighted by Crippen LogP contribution is -2.20. The molecule has 6 nitrogen and oxygen atoms in total. The smallest absolute Gasteiger partial charge is 0.416 e. The van der Waals surface area contributed by atoms with Gasteiger partial charge in [0, 0.05) is 15.6 Å². The van der Waals surface area contributed by atoms with Gasteiger partial charge in [0.2, 0.25) is 0 Å². The molecule has 0 aliphatic rings. The SMILES string of the molecule is CCOc1cc(C=Nn2c(-c3cccc(C(F)(F)F)c3)nc3ccccc3c2=O)c(Br)c(Br)c1O[C@H](C)CC. The molecular weight excluding hydrogens is 643 g/mol. The number of aromatic nitrogens is 2. The van der Waals surface area contributed by atoms with Crippen molar-refractivity contribution in [1.82, 2.24) is 9.66 Å². The van der Waals surface area contributed by atoms with Crippen molar-refractivity contribution in [2.75, 3.05) is 6.61 Å². The fourth-order valence-electron chi connectivity index (χ4n) is 3.73. The summed E-state index contributed by atoms with van der Waals surface area (Å²) >= 11 is 7.11. The van der Waals surface area contributed by atoms with Gasteiger partial charge >= 0.3 is 6.18 Å². The molecule has 0 aliphatic carbocycles. The first-order valence-corrected chi connectivity index (χ1v) is 13.7. The number of ether oxygens (including phenoxy) is 2. The fourth-order valence-corrected chi connectivity index (χ4v) is 4.64. The Morgan fingerprint density at radius 1 is 1.08 bits per heavy atom. The summed E-state index contributed by atoms with van der Waals surface area (Å²) in [5, 5.41) is 4.67. The number of benzene rings is 3. The van der Waals surface area contributed by atoms with E-state index < -0.39 is 17.3 Å². The monoisotopic (exact) mass is 665 g/mol. The van der Waals surface area contributed by atoms with Gasteiger partial charge in [-0.2, -0.15) is 22.9 Å². The molecule has 0 bridgehead atoms. The predicted octanol–water partition coefficient (Wildman–Crippen LogP) is 8.07. The lowest BCUT2D eigenvalue weighted by Gasteiger charge is -2.19. The number of nitrogens with zero attached hydrogens (tertiary/aromatic N) is 3. The van der Waals surface area contributed by atoms with Crippen LogP contribution in [0.3, 0.4) is 0 Å². The molecule has 11 heteroatoms. The highest BCUT2D eigenvalue weighted by Crippen LogP contribution is 2.43. The molecule has 0 amide bonds. The molecule has 0 aliphatic heterocycles. The third kappa shape index (κ3) is 6.19. The maximum absolute atomic E-state index is 13.5. The second kappa shape index (κ2) is 11.9. The molecule has 39 heavy (non-hydrogen) atoms. The summed E-state index contributed by atoms with van der Waals surface area (Å²) in [6, 6.07) is 12.9. The molecule has 1 atom stereocenters. The van der Waals surface area contributed by atoms with E-state index in [-0.39, 0.29) is 22.9 Å². The van der Waals surface area contributed by atoms with E-state index in [2.05, 4.69) is 41.9 Å². The van der Waals surface area contributed by atoms with Crippen LogP contribution in [0.2, 0.25) is 0 Å². The average Bonchev–Trinajstić information content (AvgIpc) is 2.92. The largest absolute Gasteiger partial charge is 0.490 e. The fraction of sp³-hybridized carbons (Fsp3) is 0.250. The number of para-hydroxylation sites is 1. The Morgan fingerprint density at radius 2 is 1.82 bits per heavy atom. The van der Waals surface area contributed by atoms with Gasteiger partial charge in [0.15, 0.2) is 17.3 Å². The first-order valence-electron chi connectivity index (χ1n) is 12.1. The maximum Gasteiger partial charge on any atom is 0.416 e. The van der Waals surface area contributed by atoms with E-state index in [9.17, 15) is 18.0 Å². The van der Waals surface area contributed by atoms with Gasteiger partial charge in [-0.1, -0.05) is 31.2 Å². The van der Waals surface area contributed by atoms with Gasteiger partial charge in [-0.15, -0.1) is 0 Å². The normalized spacial score (nSPS) is 12.7. The zero-order valence-electron chi connectivity index (χ0n) is 21.2. The minimum absolute atomic E-state index is 0.0296. The van der Waals surface area contributed by atoms with Crippen molar-refractivity contribution < 1.29 is 22.6 Å². The lowest BCUT2D eigenvalue weighted by molar-refractivity contribution is -0.137. The topological polar surface area (TPSA) is 65.7 Å². The van der Waals surface area contributed by atoms with Gasteiger partial charge in [0.05, 0.1) is 39.9 Å². The van der Waals surface area contributed by atoms with Crippen molar-refractivity contribution in [1.29, 1.82) is 0 Å². The minimum Gasteiger partial charge on any atom is -0.490 e. The molecule has 0 N–H and O–H groups in total. The summed E-state index contributed by atoms with van der Waals surface area (Å²) in [5.74, 6) is 0.957. The van der Waals surface area contributed by atoms with Crippen molar-refractivity contribution in [3.8, 4) is 22.9 Å². The van der Waals surface area contributed by atoms with Crippen LogP contribution < -0.4 is 15.0 Å². The van der Waals surface area contributed by atoms with E-state index in [4.69, 9.17) is 9.47 Å². The lowest BCUT2D eigenvalue weighted by atomic mass is 10.1. The van der Waals surface area contributed by atoms with Crippen molar-refractivity contribution >= 4 is 49.0 Å². The molecule has 4 rings (SSSR count). The van der Waals surface area contributed by atoms with Crippen LogP contribution in [0.4, 0.5) is 13.2 Å². The van der Waals surface area contributed by atoms with Crippen LogP contribution in [-0.2, 0) is 6.18 Å². The zero-order chi connectivity index (χ0) is 28.3. The van der Waals surface area contributed by atoms with Gasteiger partial charge in [0.25, 0.3) is 5.56 Å². The Hall–Kier alpha value is -3.18. The number of rotatable bonds is 8. The van der Waals surface area contributed by atoms with Crippen LogP contribution in [0.25, 0.3) is 22.3 Å². The van der Waals surface area contributed by atoms with E-state index in [0.29, 0.717) is 38.1 Å². The summed E-state index contributed by atoms with van der Waals surface area (Å²) in [4.78, 5) is 18.0. The van der Waals surface area contributed by atoms with Crippen LogP contribution in [0.1, 0.15) is 38.3 Å². The molecule has 204 valence electrons. The Bertz CT molecular complexity index is 1600. The average molecular weight is 667 g/mol. The molecule has 0 saturated carbocycles. The van der Waals surface area contributed by atoms with Crippen LogP contribution >= 0.6 is 31.9 Å². The van der Waals surface area contributed by atoms with Crippen molar-refractivity contribution in [2.24, 2.45) is 5.10 Å². The first kappa shape index (κ1) is 28.8. The quantitative estimate of drug-likeness (QED) is 0.179. The third-order valence-electron chi connectivity index (χ3n) is 5.86. The highest BCUT2D eigenvalue weighted by molar-refractivity contribution is 9.13. The Balaban J connectivity index is 1.90. The first-order chi connectivity index (χ1) is 18.5. The summed E-state index contributed by atoms with van der Waals surface area (Å²) in [5.41, 5.74) is -0.409. The standard InChI is InChI=1S/C28H24Br2F3N3O3/c1-4-16(3)39-25-22(38-5-2)14-18(23(29)24(25)30)15-34-36-26(17-9-8-10-19(13-17)28(31,32)33)35-21-12-7-6-11-20(21)27(36)37/h6-16H,4-5H2,1-3H3/t16-/m1/s1. The second-order valence-corrected chi connectivity index (χ2v) is 10.2. The Morgan fingerprint density at radius 3 is 2.51 bits per heavy atom. The van der Waals surface area contributed by atoms with Crippen molar-refractivity contribution in [3.63, 3.8) is 0 Å². The number of hydrogen-bond donors (Lipinski definition) is 0. The molecule has 1 aromatic heterocycles. The van der Waals surface area contributed by atoms with Crippen LogP contribution in [0.5, 0.6) is 11.5 Å².